The molecule has 1 aliphatic heterocycles. The molecule has 25 heavy (non-hydrogen) atoms. The van der Waals surface area contributed by atoms with Gasteiger partial charge in [0.2, 0.25) is 11.8 Å². The van der Waals surface area contributed by atoms with Crippen molar-refractivity contribution in [1.82, 2.24) is 14.9 Å². The van der Waals surface area contributed by atoms with Gasteiger partial charge in [0, 0.05) is 18.1 Å². The molecule has 1 aromatic heterocycles. The Morgan fingerprint density at radius 3 is 2.84 bits per heavy atom. The number of ether oxygens (including phenoxy) is 1. The fourth-order valence-corrected chi connectivity index (χ4v) is 3.26. The fraction of sp³-hybridized carbons (Fsp3) is 0.571. The van der Waals surface area contributed by atoms with Crippen molar-refractivity contribution in [3.8, 4) is 0 Å². The van der Waals surface area contributed by atoms with Crippen molar-refractivity contribution in [1.29, 1.82) is 0 Å². The van der Waals surface area contributed by atoms with Gasteiger partial charge in [-0.15, -0.1) is 11.3 Å². The Morgan fingerprint density at radius 1 is 1.56 bits per heavy atom. The van der Waals surface area contributed by atoms with Crippen molar-refractivity contribution in [3.63, 3.8) is 0 Å². The lowest BCUT2D eigenvalue weighted by Gasteiger charge is -2.33. The number of amides is 3. The normalized spacial score (nSPS) is 19.2. The number of carbonyl (C=O) groups excluding carboxylic acids is 3. The number of nitrogens with two attached hydrogens (primary N) is 1. The summed E-state index contributed by atoms with van der Waals surface area (Å²) in [7, 11) is 1.12. The third-order valence-electron chi connectivity index (χ3n) is 3.90. The summed E-state index contributed by atoms with van der Waals surface area (Å²) >= 11 is 1.27. The van der Waals surface area contributed by atoms with Gasteiger partial charge in [0.15, 0.2) is 11.2 Å². The minimum absolute atomic E-state index is 0.326. The molecule has 0 aromatic carbocycles. The summed E-state index contributed by atoms with van der Waals surface area (Å²) < 4.78 is 4.49. The van der Waals surface area contributed by atoms with Crippen molar-refractivity contribution in [3.05, 3.63) is 11.6 Å². The highest BCUT2D eigenvalue weighted by atomic mass is 32.1. The highest BCUT2D eigenvalue weighted by Gasteiger charge is 2.42. The Kier molecular flexibility index (Phi) is 6.28. The molecule has 2 rings (SSSR count). The lowest BCUT2D eigenvalue weighted by molar-refractivity contribution is -0.144. The van der Waals surface area contributed by atoms with Crippen LogP contribution >= 0.6 is 11.3 Å². The van der Waals surface area contributed by atoms with E-state index >= 15 is 0 Å². The molecule has 1 aliphatic rings. The molecular weight excluding hydrogens is 350 g/mol. The average Bonchev–Trinajstić information content (AvgIpc) is 3.24. The SMILES string of the molecule is COC(=O)N(N)[C@H](C(=O)N1CCC[C@H]1C(=O)Nc1nccs1)[C@@H](C)O. The van der Waals surface area contributed by atoms with Gasteiger partial charge >= 0.3 is 6.09 Å². The molecule has 0 aliphatic carbocycles. The number of carbonyl (C=O) groups is 3. The summed E-state index contributed by atoms with van der Waals surface area (Å²) in [6.07, 6.45) is 0.460. The van der Waals surface area contributed by atoms with E-state index in [1.165, 1.54) is 23.2 Å². The first-order valence-corrected chi connectivity index (χ1v) is 8.55. The number of methoxy groups -OCH3 is 1. The lowest BCUT2D eigenvalue weighted by Crippen LogP contribution is -2.60. The number of nitrogens with zero attached hydrogens (tertiary/aromatic N) is 3. The Balaban J connectivity index is 2.14. The van der Waals surface area contributed by atoms with Gasteiger partial charge in [0.1, 0.15) is 6.04 Å². The summed E-state index contributed by atoms with van der Waals surface area (Å²) in [6, 6.07) is -2.07. The number of hydrogen-bond donors (Lipinski definition) is 3. The quantitative estimate of drug-likeness (QED) is 0.369. The van der Waals surface area contributed by atoms with Gasteiger partial charge in [-0.05, 0) is 19.8 Å². The van der Waals surface area contributed by atoms with Crippen molar-refractivity contribution < 1.29 is 24.2 Å². The van der Waals surface area contributed by atoms with Gasteiger partial charge < -0.3 is 20.1 Å². The van der Waals surface area contributed by atoms with Crippen molar-refractivity contribution in [2.24, 2.45) is 5.84 Å². The van der Waals surface area contributed by atoms with E-state index in [9.17, 15) is 19.5 Å². The molecule has 0 spiro atoms. The van der Waals surface area contributed by atoms with Crippen LogP contribution < -0.4 is 11.2 Å². The zero-order chi connectivity index (χ0) is 18.6. The minimum Gasteiger partial charge on any atom is -0.452 e. The van der Waals surface area contributed by atoms with Crippen LogP contribution in [0.2, 0.25) is 0 Å². The van der Waals surface area contributed by atoms with E-state index in [2.05, 4.69) is 15.0 Å². The van der Waals surface area contributed by atoms with Crippen LogP contribution in [0.3, 0.4) is 0 Å². The number of aliphatic hydroxyl groups excluding tert-OH is 1. The van der Waals surface area contributed by atoms with Gasteiger partial charge in [0.25, 0.3) is 0 Å². The van der Waals surface area contributed by atoms with Gasteiger partial charge in [-0.3, -0.25) is 9.59 Å². The molecule has 3 atom stereocenters. The number of hydrazine groups is 1. The van der Waals surface area contributed by atoms with E-state index < -0.39 is 30.2 Å². The van der Waals surface area contributed by atoms with Gasteiger partial charge in [-0.1, -0.05) is 0 Å². The second kappa shape index (κ2) is 8.23. The van der Waals surface area contributed by atoms with E-state index in [0.29, 0.717) is 29.5 Å². The average molecular weight is 371 g/mol. The number of aliphatic hydroxyl groups is 1. The molecule has 1 fully saturated rings. The third kappa shape index (κ3) is 4.24. The fourth-order valence-electron chi connectivity index (χ4n) is 2.72. The first-order valence-electron chi connectivity index (χ1n) is 7.67. The van der Waals surface area contributed by atoms with E-state index in [4.69, 9.17) is 5.84 Å². The van der Waals surface area contributed by atoms with Crippen LogP contribution in [-0.4, -0.2) is 69.7 Å². The largest absolute Gasteiger partial charge is 0.452 e. The summed E-state index contributed by atoms with van der Waals surface area (Å²) in [5.41, 5.74) is 0. The predicted molar refractivity (Wildman–Crippen MR) is 89.4 cm³/mol. The minimum atomic E-state index is -1.35. The molecule has 4 N–H and O–H groups in total. The highest BCUT2D eigenvalue weighted by molar-refractivity contribution is 7.13. The van der Waals surface area contributed by atoms with E-state index in [0.717, 1.165) is 7.11 Å². The molecule has 1 aromatic rings. The summed E-state index contributed by atoms with van der Waals surface area (Å²) in [5, 5.41) is 15.3. The predicted octanol–water partition coefficient (Wildman–Crippen LogP) is -0.236. The zero-order valence-corrected chi connectivity index (χ0v) is 14.7. The molecule has 0 saturated carbocycles. The lowest BCUT2D eigenvalue weighted by atomic mass is 10.1. The van der Waals surface area contributed by atoms with Crippen LogP contribution in [-0.2, 0) is 14.3 Å². The van der Waals surface area contributed by atoms with E-state index in [1.54, 1.807) is 11.6 Å². The standard InChI is InChI=1S/C14H21N5O5S/c1-8(20)10(19(15)14(23)24-2)12(22)18-6-3-4-9(18)11(21)17-13-16-5-7-25-13/h5,7-10,20H,3-4,6,15H2,1-2H3,(H,16,17,21)/t8-,9+,10+/m1/s1. The smallest absolute Gasteiger partial charge is 0.424 e. The second-order valence-corrected chi connectivity index (χ2v) is 6.47. The third-order valence-corrected chi connectivity index (χ3v) is 4.58. The van der Waals surface area contributed by atoms with Crippen LogP contribution in [0.15, 0.2) is 11.6 Å². The molecule has 11 heteroatoms. The second-order valence-electron chi connectivity index (χ2n) is 5.58. The topological polar surface area (TPSA) is 138 Å². The van der Waals surface area contributed by atoms with Crippen LogP contribution in [0.25, 0.3) is 0 Å². The Morgan fingerprint density at radius 2 is 2.28 bits per heavy atom. The molecule has 3 amide bonds. The maximum Gasteiger partial charge on any atom is 0.424 e. The van der Waals surface area contributed by atoms with Crippen molar-refractivity contribution in [2.45, 2.75) is 38.0 Å². The van der Waals surface area contributed by atoms with E-state index in [1.807, 2.05) is 0 Å². The number of hydrogen-bond acceptors (Lipinski definition) is 8. The number of likely N-dealkylation sites (tertiary alicyclic amines) is 1. The monoisotopic (exact) mass is 371 g/mol. The van der Waals surface area contributed by atoms with Crippen LogP contribution in [0.4, 0.5) is 9.93 Å². The number of aromatic nitrogens is 1. The molecule has 10 nitrogen and oxygen atoms in total. The maximum absolute atomic E-state index is 12.8. The van der Waals surface area contributed by atoms with Gasteiger partial charge in [0.05, 0.1) is 13.2 Å². The maximum atomic E-state index is 12.8. The van der Waals surface area contributed by atoms with Crippen LogP contribution in [0.1, 0.15) is 19.8 Å². The number of rotatable bonds is 5. The van der Waals surface area contributed by atoms with E-state index in [-0.39, 0.29) is 5.91 Å². The Bertz CT molecular complexity index is 623. The molecule has 0 bridgehead atoms. The first-order chi connectivity index (χ1) is 11.9. The summed E-state index contributed by atoms with van der Waals surface area (Å²) in [5.74, 6) is 4.63. The Hall–Kier alpha value is -2.24. The molecular formula is C14H21N5O5S. The molecule has 138 valence electrons. The van der Waals surface area contributed by atoms with Crippen LogP contribution in [0, 0.1) is 0 Å². The van der Waals surface area contributed by atoms with Crippen molar-refractivity contribution >= 4 is 34.4 Å². The molecule has 2 heterocycles. The highest BCUT2D eigenvalue weighted by Crippen LogP contribution is 2.22. The number of thiazole rings is 1. The Labute approximate surface area is 148 Å². The zero-order valence-electron chi connectivity index (χ0n) is 13.9. The molecule has 0 unspecified atom stereocenters. The molecule has 0 radical (unpaired) electrons. The van der Waals surface area contributed by atoms with Gasteiger partial charge in [-0.2, -0.15) is 0 Å². The number of anilines is 1. The van der Waals surface area contributed by atoms with Crippen molar-refractivity contribution in [2.75, 3.05) is 19.0 Å². The van der Waals surface area contributed by atoms with Crippen LogP contribution in [0.5, 0.6) is 0 Å². The van der Waals surface area contributed by atoms with Gasteiger partial charge in [-0.25, -0.2) is 20.6 Å². The number of nitrogens with one attached hydrogen (secondary N) is 1. The molecule has 1 saturated heterocycles. The summed E-state index contributed by atoms with van der Waals surface area (Å²) in [4.78, 5) is 42.2. The summed E-state index contributed by atoms with van der Waals surface area (Å²) in [6.45, 7) is 1.67. The first kappa shape index (κ1) is 19.1.